The second-order valence-electron chi connectivity index (χ2n) is 6.18. The summed E-state index contributed by atoms with van der Waals surface area (Å²) in [7, 11) is 0. The minimum Gasteiger partial charge on any atom is -0.473 e. The third-order valence-electron chi connectivity index (χ3n) is 3.92. The van der Waals surface area contributed by atoms with Crippen LogP contribution in [0.2, 0.25) is 0 Å². The van der Waals surface area contributed by atoms with Gasteiger partial charge >= 0.3 is 6.36 Å². The molecule has 0 amide bonds. The Morgan fingerprint density at radius 1 is 1.07 bits per heavy atom. The van der Waals surface area contributed by atoms with E-state index in [-0.39, 0.29) is 17.8 Å². The van der Waals surface area contributed by atoms with Crippen molar-refractivity contribution in [2.75, 3.05) is 0 Å². The number of aromatic nitrogens is 2. The van der Waals surface area contributed by atoms with E-state index in [0.29, 0.717) is 22.6 Å². The van der Waals surface area contributed by atoms with Gasteiger partial charge in [0.1, 0.15) is 12.4 Å². The molecule has 5 nitrogen and oxygen atoms in total. The molecule has 1 N–H and O–H groups in total. The molecule has 146 valence electrons. The standard InChI is InChI=1S/C20H17F3N2O3/c1-12-9-17(26)19(13(2)25-12)15-5-8-18(24-10-15)27-11-14-3-6-16(7-4-14)28-20(21,22)23/h3-10H,11H2,1-2H3,(H,25,26). The number of hydrogen-bond acceptors (Lipinski definition) is 4. The van der Waals surface area contributed by atoms with E-state index in [9.17, 15) is 18.0 Å². The molecule has 0 radical (unpaired) electrons. The summed E-state index contributed by atoms with van der Waals surface area (Å²) in [5, 5.41) is 0. The van der Waals surface area contributed by atoms with Gasteiger partial charge in [0.05, 0.1) is 0 Å². The van der Waals surface area contributed by atoms with Crippen LogP contribution in [0.3, 0.4) is 0 Å². The molecule has 8 heteroatoms. The molecule has 0 aliphatic rings. The quantitative estimate of drug-likeness (QED) is 0.695. The van der Waals surface area contributed by atoms with Crippen LogP contribution in [0.5, 0.6) is 11.6 Å². The Morgan fingerprint density at radius 2 is 1.79 bits per heavy atom. The maximum absolute atomic E-state index is 12.2. The number of nitrogens with zero attached hydrogens (tertiary/aromatic N) is 1. The topological polar surface area (TPSA) is 64.2 Å². The first-order valence-electron chi connectivity index (χ1n) is 8.36. The lowest BCUT2D eigenvalue weighted by atomic mass is 10.1. The molecule has 0 saturated heterocycles. The maximum atomic E-state index is 12.2. The van der Waals surface area contributed by atoms with Gasteiger partial charge in [0.2, 0.25) is 5.88 Å². The van der Waals surface area contributed by atoms with Gasteiger partial charge < -0.3 is 14.5 Å². The molecule has 0 aliphatic heterocycles. The van der Waals surface area contributed by atoms with Gasteiger partial charge in [-0.15, -0.1) is 13.2 Å². The van der Waals surface area contributed by atoms with Gasteiger partial charge in [0, 0.05) is 40.8 Å². The second-order valence-corrected chi connectivity index (χ2v) is 6.18. The number of aromatic amines is 1. The van der Waals surface area contributed by atoms with Crippen LogP contribution >= 0.6 is 0 Å². The van der Waals surface area contributed by atoms with Crippen LogP contribution in [0, 0.1) is 13.8 Å². The third kappa shape index (κ3) is 4.91. The fourth-order valence-corrected chi connectivity index (χ4v) is 2.76. The first-order valence-corrected chi connectivity index (χ1v) is 8.36. The van der Waals surface area contributed by atoms with Crippen LogP contribution < -0.4 is 14.9 Å². The molecule has 3 rings (SSSR count). The number of ether oxygens (including phenoxy) is 2. The van der Waals surface area contributed by atoms with E-state index in [1.165, 1.54) is 30.3 Å². The highest BCUT2D eigenvalue weighted by Gasteiger charge is 2.30. The molecule has 2 aromatic heterocycles. The van der Waals surface area contributed by atoms with Gasteiger partial charge in [-0.05, 0) is 37.6 Å². The van der Waals surface area contributed by atoms with Crippen LogP contribution in [0.4, 0.5) is 13.2 Å². The minimum absolute atomic E-state index is 0.0922. The summed E-state index contributed by atoms with van der Waals surface area (Å²) in [6, 6.07) is 10.3. The molecule has 0 fully saturated rings. The summed E-state index contributed by atoms with van der Waals surface area (Å²) >= 11 is 0. The second kappa shape index (κ2) is 7.75. The summed E-state index contributed by atoms with van der Waals surface area (Å²) in [5.41, 5.74) is 3.31. The predicted molar refractivity (Wildman–Crippen MR) is 97.2 cm³/mol. The Morgan fingerprint density at radius 3 is 2.36 bits per heavy atom. The lowest BCUT2D eigenvalue weighted by Crippen LogP contribution is -2.17. The summed E-state index contributed by atoms with van der Waals surface area (Å²) in [4.78, 5) is 19.5. The van der Waals surface area contributed by atoms with Crippen molar-refractivity contribution in [3.8, 4) is 22.8 Å². The first kappa shape index (κ1) is 19.5. The van der Waals surface area contributed by atoms with E-state index in [4.69, 9.17) is 4.74 Å². The monoisotopic (exact) mass is 390 g/mol. The number of halogens is 3. The van der Waals surface area contributed by atoms with E-state index in [1.807, 2.05) is 13.8 Å². The number of alkyl halides is 3. The average molecular weight is 390 g/mol. The summed E-state index contributed by atoms with van der Waals surface area (Å²) in [6.07, 6.45) is -3.18. The molecule has 28 heavy (non-hydrogen) atoms. The summed E-state index contributed by atoms with van der Waals surface area (Å²) in [6.45, 7) is 3.76. The predicted octanol–water partition coefficient (Wildman–Crippen LogP) is 4.53. The molecule has 0 unspecified atom stereocenters. The van der Waals surface area contributed by atoms with Crippen LogP contribution in [0.15, 0.2) is 53.5 Å². The van der Waals surface area contributed by atoms with Crippen molar-refractivity contribution in [1.82, 2.24) is 9.97 Å². The highest BCUT2D eigenvalue weighted by Crippen LogP contribution is 2.23. The van der Waals surface area contributed by atoms with Crippen molar-refractivity contribution < 1.29 is 22.6 Å². The Labute approximate surface area is 158 Å². The molecule has 2 heterocycles. The van der Waals surface area contributed by atoms with Gasteiger partial charge in [-0.1, -0.05) is 12.1 Å². The Kier molecular flexibility index (Phi) is 5.39. The van der Waals surface area contributed by atoms with Crippen molar-refractivity contribution in [1.29, 1.82) is 0 Å². The Hall–Kier alpha value is -3.29. The number of rotatable bonds is 5. The largest absolute Gasteiger partial charge is 0.573 e. The van der Waals surface area contributed by atoms with Gasteiger partial charge in [-0.3, -0.25) is 4.79 Å². The lowest BCUT2D eigenvalue weighted by Gasteiger charge is -2.10. The molecule has 1 aromatic carbocycles. The average Bonchev–Trinajstić information content (AvgIpc) is 2.60. The van der Waals surface area contributed by atoms with Gasteiger partial charge in [-0.25, -0.2) is 4.98 Å². The maximum Gasteiger partial charge on any atom is 0.573 e. The Bertz CT molecular complexity index is 1010. The van der Waals surface area contributed by atoms with Crippen molar-refractivity contribution >= 4 is 0 Å². The number of pyridine rings is 2. The fraction of sp³-hybridized carbons (Fsp3) is 0.200. The number of benzene rings is 1. The first-order chi connectivity index (χ1) is 13.2. The number of H-pyrrole nitrogens is 1. The smallest absolute Gasteiger partial charge is 0.473 e. The van der Waals surface area contributed by atoms with Gasteiger partial charge in [0.15, 0.2) is 5.43 Å². The molecule has 3 aromatic rings. The number of hydrogen-bond donors (Lipinski definition) is 1. The van der Waals surface area contributed by atoms with E-state index in [0.717, 1.165) is 11.4 Å². The van der Waals surface area contributed by atoms with Crippen LogP contribution in [-0.2, 0) is 6.61 Å². The summed E-state index contributed by atoms with van der Waals surface area (Å²) < 4.78 is 45.8. The normalized spacial score (nSPS) is 11.3. The third-order valence-corrected chi connectivity index (χ3v) is 3.92. The molecule has 0 bridgehead atoms. The molecule has 0 atom stereocenters. The van der Waals surface area contributed by atoms with E-state index in [1.54, 1.807) is 18.3 Å². The summed E-state index contributed by atoms with van der Waals surface area (Å²) in [5.74, 6) is 0.0398. The molecule has 0 spiro atoms. The zero-order valence-electron chi connectivity index (χ0n) is 15.1. The highest BCUT2D eigenvalue weighted by atomic mass is 19.4. The van der Waals surface area contributed by atoms with E-state index < -0.39 is 6.36 Å². The van der Waals surface area contributed by atoms with Gasteiger partial charge in [0.25, 0.3) is 0 Å². The molecule has 0 aliphatic carbocycles. The Balaban J connectivity index is 1.66. The highest BCUT2D eigenvalue weighted by molar-refractivity contribution is 5.65. The zero-order chi connectivity index (χ0) is 20.3. The zero-order valence-corrected chi connectivity index (χ0v) is 15.1. The lowest BCUT2D eigenvalue weighted by molar-refractivity contribution is -0.274. The van der Waals surface area contributed by atoms with Crippen LogP contribution in [-0.4, -0.2) is 16.3 Å². The number of aryl methyl sites for hydroxylation is 2. The van der Waals surface area contributed by atoms with Crippen LogP contribution in [0.25, 0.3) is 11.1 Å². The van der Waals surface area contributed by atoms with E-state index >= 15 is 0 Å². The SMILES string of the molecule is Cc1cc(=O)c(-c2ccc(OCc3ccc(OC(F)(F)F)cc3)nc2)c(C)[nH]1. The molecular formula is C20H17F3N2O3. The van der Waals surface area contributed by atoms with Crippen molar-refractivity contribution in [3.05, 3.63) is 75.8 Å². The van der Waals surface area contributed by atoms with Gasteiger partial charge in [-0.2, -0.15) is 0 Å². The van der Waals surface area contributed by atoms with Crippen molar-refractivity contribution in [3.63, 3.8) is 0 Å². The fourth-order valence-electron chi connectivity index (χ4n) is 2.76. The molecular weight excluding hydrogens is 373 g/mol. The van der Waals surface area contributed by atoms with E-state index in [2.05, 4.69) is 14.7 Å². The molecule has 0 saturated carbocycles. The number of nitrogens with one attached hydrogen (secondary N) is 1. The van der Waals surface area contributed by atoms with Crippen molar-refractivity contribution in [2.24, 2.45) is 0 Å². The van der Waals surface area contributed by atoms with Crippen molar-refractivity contribution in [2.45, 2.75) is 26.8 Å². The van der Waals surface area contributed by atoms with Crippen LogP contribution in [0.1, 0.15) is 17.0 Å². The minimum atomic E-state index is -4.72.